The number of benzene rings is 1. The second-order valence-corrected chi connectivity index (χ2v) is 6.08. The minimum atomic E-state index is 0.297. The zero-order valence-corrected chi connectivity index (χ0v) is 12.9. The van der Waals surface area contributed by atoms with Gasteiger partial charge < -0.3 is 10.2 Å². The topological polar surface area (TPSA) is 15.3 Å². The third-order valence-corrected chi connectivity index (χ3v) is 4.11. The van der Waals surface area contributed by atoms with Crippen molar-refractivity contribution in [2.24, 2.45) is 0 Å². The summed E-state index contributed by atoms with van der Waals surface area (Å²) in [4.78, 5) is 3.49. The lowest BCUT2D eigenvalue weighted by Crippen LogP contribution is -2.21. The van der Waals surface area contributed by atoms with Gasteiger partial charge in [0, 0.05) is 24.7 Å². The van der Waals surface area contributed by atoms with Gasteiger partial charge in [0.05, 0.1) is 6.04 Å². The van der Waals surface area contributed by atoms with E-state index in [-0.39, 0.29) is 0 Å². The van der Waals surface area contributed by atoms with Crippen molar-refractivity contribution in [3.63, 3.8) is 0 Å². The molecule has 0 spiro atoms. The number of anilines is 1. The molecule has 2 nitrogen and oxygen atoms in total. The first-order chi connectivity index (χ1) is 9.11. The van der Waals surface area contributed by atoms with Crippen LogP contribution in [0, 0.1) is 6.92 Å². The zero-order valence-electron chi connectivity index (χ0n) is 12.1. The first-order valence-corrected chi connectivity index (χ1v) is 7.55. The van der Waals surface area contributed by atoms with Gasteiger partial charge in [-0.1, -0.05) is 19.1 Å². The van der Waals surface area contributed by atoms with Crippen molar-refractivity contribution >= 4 is 17.0 Å². The molecule has 0 amide bonds. The Kier molecular flexibility index (Phi) is 4.61. The summed E-state index contributed by atoms with van der Waals surface area (Å²) in [5.74, 6) is 0. The highest BCUT2D eigenvalue weighted by atomic mass is 32.1. The van der Waals surface area contributed by atoms with E-state index in [1.807, 2.05) is 11.3 Å². The summed E-state index contributed by atoms with van der Waals surface area (Å²) in [7, 11) is 4.14. The fourth-order valence-electron chi connectivity index (χ4n) is 2.21. The van der Waals surface area contributed by atoms with Gasteiger partial charge in [-0.15, -0.1) is 11.3 Å². The first kappa shape index (κ1) is 14.1. The maximum Gasteiger partial charge on any atom is 0.0584 e. The second kappa shape index (κ2) is 6.22. The van der Waals surface area contributed by atoms with Crippen molar-refractivity contribution in [2.75, 3.05) is 25.5 Å². The van der Waals surface area contributed by atoms with Gasteiger partial charge in [0.15, 0.2) is 0 Å². The molecule has 3 heteroatoms. The number of aryl methyl sites for hydroxylation is 1. The molecule has 19 heavy (non-hydrogen) atoms. The third-order valence-electron chi connectivity index (χ3n) is 3.24. The smallest absolute Gasteiger partial charge is 0.0584 e. The summed E-state index contributed by atoms with van der Waals surface area (Å²) in [5, 5.41) is 5.82. The highest BCUT2D eigenvalue weighted by Crippen LogP contribution is 2.27. The van der Waals surface area contributed by atoms with Gasteiger partial charge in [-0.05, 0) is 48.2 Å². The zero-order chi connectivity index (χ0) is 13.8. The van der Waals surface area contributed by atoms with Crippen LogP contribution in [-0.2, 0) is 0 Å². The standard InChI is InChI=1S/C16H22N2S/c1-5-17-16(14-10-12(2)19-11-14)13-6-8-15(9-7-13)18(3)4/h6-11,16-17H,5H2,1-4H3. The van der Waals surface area contributed by atoms with Crippen LogP contribution >= 0.6 is 11.3 Å². The molecule has 1 heterocycles. The van der Waals surface area contributed by atoms with Crippen molar-refractivity contribution < 1.29 is 0 Å². The minimum absolute atomic E-state index is 0.297. The van der Waals surface area contributed by atoms with Gasteiger partial charge in [-0.25, -0.2) is 0 Å². The summed E-state index contributed by atoms with van der Waals surface area (Å²) in [5.41, 5.74) is 3.92. The molecule has 1 unspecified atom stereocenters. The predicted molar refractivity (Wildman–Crippen MR) is 85.3 cm³/mol. The van der Waals surface area contributed by atoms with E-state index < -0.39 is 0 Å². The molecule has 0 saturated heterocycles. The van der Waals surface area contributed by atoms with Crippen molar-refractivity contribution in [1.29, 1.82) is 0 Å². The van der Waals surface area contributed by atoms with Gasteiger partial charge in [-0.3, -0.25) is 0 Å². The average molecular weight is 274 g/mol. The van der Waals surface area contributed by atoms with E-state index in [4.69, 9.17) is 0 Å². The quantitative estimate of drug-likeness (QED) is 0.891. The largest absolute Gasteiger partial charge is 0.378 e. The fraction of sp³-hybridized carbons (Fsp3) is 0.375. The Hall–Kier alpha value is -1.32. The van der Waals surface area contributed by atoms with Crippen LogP contribution in [0.15, 0.2) is 35.7 Å². The highest BCUT2D eigenvalue weighted by molar-refractivity contribution is 7.10. The number of nitrogens with one attached hydrogen (secondary N) is 1. The molecular weight excluding hydrogens is 252 g/mol. The maximum atomic E-state index is 3.57. The van der Waals surface area contributed by atoms with E-state index in [0.29, 0.717) is 6.04 Å². The van der Waals surface area contributed by atoms with Crippen LogP contribution in [0.3, 0.4) is 0 Å². The first-order valence-electron chi connectivity index (χ1n) is 6.67. The molecule has 0 fully saturated rings. The van der Waals surface area contributed by atoms with E-state index in [2.05, 4.69) is 73.9 Å². The van der Waals surface area contributed by atoms with Crippen molar-refractivity contribution in [2.45, 2.75) is 19.9 Å². The van der Waals surface area contributed by atoms with Crippen LogP contribution in [0.5, 0.6) is 0 Å². The molecule has 1 atom stereocenters. The van der Waals surface area contributed by atoms with Gasteiger partial charge in [-0.2, -0.15) is 0 Å². The average Bonchev–Trinajstić information content (AvgIpc) is 2.82. The maximum absolute atomic E-state index is 3.57. The Morgan fingerprint density at radius 1 is 1.16 bits per heavy atom. The second-order valence-electron chi connectivity index (χ2n) is 4.97. The Labute approximate surface area is 120 Å². The minimum Gasteiger partial charge on any atom is -0.378 e. The van der Waals surface area contributed by atoms with Crippen LogP contribution in [0.4, 0.5) is 5.69 Å². The summed E-state index contributed by atoms with van der Waals surface area (Å²) in [6.07, 6.45) is 0. The van der Waals surface area contributed by atoms with Crippen LogP contribution in [0.25, 0.3) is 0 Å². The van der Waals surface area contributed by atoms with E-state index in [0.717, 1.165) is 6.54 Å². The van der Waals surface area contributed by atoms with E-state index >= 15 is 0 Å². The SMILES string of the molecule is CCNC(c1ccc(N(C)C)cc1)c1csc(C)c1. The van der Waals surface area contributed by atoms with Gasteiger partial charge in [0.2, 0.25) is 0 Å². The monoisotopic (exact) mass is 274 g/mol. The number of thiophene rings is 1. The Morgan fingerprint density at radius 2 is 1.84 bits per heavy atom. The van der Waals surface area contributed by atoms with Crippen molar-refractivity contribution in [3.8, 4) is 0 Å². The Balaban J connectivity index is 2.28. The highest BCUT2D eigenvalue weighted by Gasteiger charge is 2.14. The molecule has 2 rings (SSSR count). The molecule has 2 aromatic rings. The lowest BCUT2D eigenvalue weighted by molar-refractivity contribution is 0.632. The Morgan fingerprint density at radius 3 is 2.32 bits per heavy atom. The van der Waals surface area contributed by atoms with Crippen LogP contribution in [-0.4, -0.2) is 20.6 Å². The molecule has 0 bridgehead atoms. The lowest BCUT2D eigenvalue weighted by Gasteiger charge is -2.19. The van der Waals surface area contributed by atoms with E-state index in [1.165, 1.54) is 21.7 Å². The number of rotatable bonds is 5. The third kappa shape index (κ3) is 3.37. The van der Waals surface area contributed by atoms with E-state index in [1.54, 1.807) is 0 Å². The van der Waals surface area contributed by atoms with Gasteiger partial charge in [0.25, 0.3) is 0 Å². The molecule has 0 aliphatic carbocycles. The normalized spacial score (nSPS) is 12.4. The predicted octanol–water partition coefficient (Wildman–Crippen LogP) is 3.82. The summed E-state index contributed by atoms with van der Waals surface area (Å²) in [6.45, 7) is 5.28. The van der Waals surface area contributed by atoms with Crippen LogP contribution in [0.2, 0.25) is 0 Å². The molecule has 0 radical (unpaired) electrons. The summed E-state index contributed by atoms with van der Waals surface area (Å²) >= 11 is 1.81. The molecule has 0 aliphatic heterocycles. The van der Waals surface area contributed by atoms with Crippen LogP contribution in [0.1, 0.15) is 29.0 Å². The Bertz CT molecular complexity index is 514. The number of hydrogen-bond acceptors (Lipinski definition) is 3. The van der Waals surface area contributed by atoms with Crippen LogP contribution < -0.4 is 10.2 Å². The molecule has 1 aromatic carbocycles. The molecule has 0 aliphatic rings. The van der Waals surface area contributed by atoms with Crippen molar-refractivity contribution in [3.05, 3.63) is 51.7 Å². The molecule has 1 N–H and O–H groups in total. The number of nitrogens with zero attached hydrogens (tertiary/aromatic N) is 1. The molecule has 1 aromatic heterocycles. The van der Waals surface area contributed by atoms with Gasteiger partial charge in [0.1, 0.15) is 0 Å². The lowest BCUT2D eigenvalue weighted by atomic mass is 10.0. The molecule has 0 saturated carbocycles. The molecular formula is C16H22N2S. The molecule has 102 valence electrons. The van der Waals surface area contributed by atoms with Crippen molar-refractivity contribution in [1.82, 2.24) is 5.32 Å². The van der Waals surface area contributed by atoms with Gasteiger partial charge >= 0.3 is 0 Å². The summed E-state index contributed by atoms with van der Waals surface area (Å²) < 4.78 is 0. The van der Waals surface area contributed by atoms with E-state index in [9.17, 15) is 0 Å². The summed E-state index contributed by atoms with van der Waals surface area (Å²) in [6, 6.07) is 11.4. The number of hydrogen-bond donors (Lipinski definition) is 1. The fourth-order valence-corrected chi connectivity index (χ4v) is 2.94.